The Morgan fingerprint density at radius 2 is 2.07 bits per heavy atom. The van der Waals surface area contributed by atoms with Gasteiger partial charge in [-0.2, -0.15) is 0 Å². The number of nitrogens with one attached hydrogen (secondary N) is 1. The van der Waals surface area contributed by atoms with Gasteiger partial charge in [0.1, 0.15) is 5.15 Å². The Balaban J connectivity index is 0.000000980. The molecule has 78 valence electrons. The average Bonchev–Trinajstić information content (AvgIpc) is 2.20. The number of aromatic nitrogens is 1. The first kappa shape index (κ1) is 11.8. The minimum Gasteiger partial charge on any atom is -0.317 e. The largest absolute Gasteiger partial charge is 0.317 e. The molecule has 0 amide bonds. The van der Waals surface area contributed by atoms with Crippen molar-refractivity contribution in [3.63, 3.8) is 0 Å². The number of hydrogen-bond donors (Lipinski definition) is 1. The molecule has 1 aromatic heterocycles. The lowest BCUT2D eigenvalue weighted by atomic mass is 9.91. The molecule has 0 aliphatic carbocycles. The molecule has 0 aromatic carbocycles. The summed E-state index contributed by atoms with van der Waals surface area (Å²) in [6, 6.07) is 4.05. The van der Waals surface area contributed by atoms with Gasteiger partial charge in [0.05, 0.1) is 0 Å². The van der Waals surface area contributed by atoms with Gasteiger partial charge in [0.15, 0.2) is 0 Å². The molecule has 2 nitrogen and oxygen atoms in total. The Labute approximate surface area is 95.5 Å². The molecule has 1 aliphatic rings. The van der Waals surface area contributed by atoms with E-state index in [0.717, 1.165) is 13.1 Å². The van der Waals surface area contributed by atoms with E-state index in [1.165, 1.54) is 18.4 Å². The summed E-state index contributed by atoms with van der Waals surface area (Å²) in [5, 5.41) is 4.02. The van der Waals surface area contributed by atoms with Crippen molar-refractivity contribution in [2.24, 2.45) is 0 Å². The average molecular weight is 233 g/mol. The molecular formula is C10H14Cl2N2. The van der Waals surface area contributed by atoms with Gasteiger partial charge in [-0.15, -0.1) is 12.4 Å². The first-order valence-electron chi connectivity index (χ1n) is 4.69. The lowest BCUT2D eigenvalue weighted by molar-refractivity contribution is 0.460. The normalized spacial score (nSPS) is 17.5. The highest BCUT2D eigenvalue weighted by Gasteiger charge is 2.17. The molecule has 4 heteroatoms. The van der Waals surface area contributed by atoms with Crippen LogP contribution < -0.4 is 5.32 Å². The summed E-state index contributed by atoms with van der Waals surface area (Å²) >= 11 is 6.03. The van der Waals surface area contributed by atoms with Crippen molar-refractivity contribution < 1.29 is 0 Å². The Bertz CT molecular complexity index is 285. The molecule has 1 N–H and O–H groups in total. The Kier molecular flexibility index (Phi) is 4.66. The number of pyridine rings is 1. The topological polar surface area (TPSA) is 24.9 Å². The van der Waals surface area contributed by atoms with E-state index in [1.807, 2.05) is 6.07 Å². The summed E-state index contributed by atoms with van der Waals surface area (Å²) in [7, 11) is 0. The second-order valence-corrected chi connectivity index (χ2v) is 3.77. The summed E-state index contributed by atoms with van der Waals surface area (Å²) in [4.78, 5) is 4.10. The van der Waals surface area contributed by atoms with E-state index in [2.05, 4.69) is 16.4 Å². The van der Waals surface area contributed by atoms with Gasteiger partial charge in [-0.25, -0.2) is 4.98 Å². The van der Waals surface area contributed by atoms with Crippen molar-refractivity contribution >= 4 is 24.0 Å². The standard InChI is InChI=1S/C10H13ClN2.ClH/c11-10-9(2-1-5-13-10)8-3-6-12-7-4-8;/h1-2,5,8,12H,3-4,6-7H2;1H. The van der Waals surface area contributed by atoms with Crippen LogP contribution in [0.4, 0.5) is 0 Å². The van der Waals surface area contributed by atoms with Crippen molar-refractivity contribution in [3.8, 4) is 0 Å². The summed E-state index contributed by atoms with van der Waals surface area (Å²) in [6.45, 7) is 2.19. The van der Waals surface area contributed by atoms with Gasteiger partial charge in [-0.1, -0.05) is 17.7 Å². The van der Waals surface area contributed by atoms with Gasteiger partial charge >= 0.3 is 0 Å². The first-order valence-corrected chi connectivity index (χ1v) is 5.07. The molecule has 2 rings (SSSR count). The lowest BCUT2D eigenvalue weighted by Gasteiger charge is -2.23. The van der Waals surface area contributed by atoms with E-state index in [9.17, 15) is 0 Å². The molecule has 1 aliphatic heterocycles. The number of rotatable bonds is 1. The molecule has 0 atom stereocenters. The van der Waals surface area contributed by atoms with Gasteiger partial charge in [-0.05, 0) is 43.5 Å². The maximum atomic E-state index is 6.03. The van der Waals surface area contributed by atoms with Crippen molar-refractivity contribution in [1.29, 1.82) is 0 Å². The molecule has 1 saturated heterocycles. The Morgan fingerprint density at radius 1 is 1.36 bits per heavy atom. The monoisotopic (exact) mass is 232 g/mol. The number of hydrogen-bond acceptors (Lipinski definition) is 2. The zero-order valence-electron chi connectivity index (χ0n) is 7.87. The summed E-state index contributed by atoms with van der Waals surface area (Å²) in [5.74, 6) is 0.599. The van der Waals surface area contributed by atoms with E-state index in [1.54, 1.807) is 6.20 Å². The molecule has 1 fully saturated rings. The third-order valence-electron chi connectivity index (χ3n) is 2.57. The van der Waals surface area contributed by atoms with Gasteiger partial charge in [0.2, 0.25) is 0 Å². The molecular weight excluding hydrogens is 219 g/mol. The number of nitrogens with zero attached hydrogens (tertiary/aromatic N) is 1. The maximum Gasteiger partial charge on any atom is 0.132 e. The fourth-order valence-corrected chi connectivity index (χ4v) is 2.11. The van der Waals surface area contributed by atoms with Crippen LogP contribution in [0.15, 0.2) is 18.3 Å². The van der Waals surface area contributed by atoms with Gasteiger partial charge in [0, 0.05) is 6.20 Å². The third-order valence-corrected chi connectivity index (χ3v) is 2.88. The number of halogens is 2. The van der Waals surface area contributed by atoms with E-state index in [0.29, 0.717) is 11.1 Å². The van der Waals surface area contributed by atoms with Crippen molar-refractivity contribution in [1.82, 2.24) is 10.3 Å². The zero-order chi connectivity index (χ0) is 9.10. The third kappa shape index (κ3) is 2.59. The molecule has 1 aromatic rings. The maximum absolute atomic E-state index is 6.03. The van der Waals surface area contributed by atoms with Gasteiger partial charge in [-0.3, -0.25) is 0 Å². The highest BCUT2D eigenvalue weighted by Crippen LogP contribution is 2.29. The van der Waals surface area contributed by atoms with Crippen molar-refractivity contribution in [2.75, 3.05) is 13.1 Å². The smallest absolute Gasteiger partial charge is 0.132 e. The molecule has 2 heterocycles. The molecule has 0 saturated carbocycles. The van der Waals surface area contributed by atoms with E-state index in [4.69, 9.17) is 11.6 Å². The van der Waals surface area contributed by atoms with Crippen LogP contribution in [0.1, 0.15) is 24.3 Å². The van der Waals surface area contributed by atoms with Gasteiger partial charge < -0.3 is 5.32 Å². The molecule has 0 bridgehead atoms. The molecule has 0 spiro atoms. The predicted molar refractivity (Wildman–Crippen MR) is 61.3 cm³/mol. The highest BCUT2D eigenvalue weighted by molar-refractivity contribution is 6.30. The fraction of sp³-hybridized carbons (Fsp3) is 0.500. The summed E-state index contributed by atoms with van der Waals surface area (Å²) in [6.07, 6.45) is 4.09. The van der Waals surface area contributed by atoms with Crippen LogP contribution >= 0.6 is 24.0 Å². The molecule has 14 heavy (non-hydrogen) atoms. The van der Waals surface area contributed by atoms with Crippen LogP contribution in [0.5, 0.6) is 0 Å². The fourth-order valence-electron chi connectivity index (χ4n) is 1.84. The highest BCUT2D eigenvalue weighted by atomic mass is 35.5. The second-order valence-electron chi connectivity index (χ2n) is 3.41. The van der Waals surface area contributed by atoms with E-state index in [-0.39, 0.29) is 12.4 Å². The van der Waals surface area contributed by atoms with Gasteiger partial charge in [0.25, 0.3) is 0 Å². The minimum absolute atomic E-state index is 0. The SMILES string of the molecule is Cl.Clc1ncccc1C1CCNCC1. The summed E-state index contributed by atoms with van der Waals surface area (Å²) in [5.41, 5.74) is 1.21. The second kappa shape index (κ2) is 5.54. The zero-order valence-corrected chi connectivity index (χ0v) is 9.44. The van der Waals surface area contributed by atoms with E-state index < -0.39 is 0 Å². The van der Waals surface area contributed by atoms with Crippen LogP contribution in [-0.2, 0) is 0 Å². The minimum atomic E-state index is 0. The molecule has 0 radical (unpaired) electrons. The Morgan fingerprint density at radius 3 is 2.71 bits per heavy atom. The van der Waals surface area contributed by atoms with E-state index >= 15 is 0 Å². The lowest BCUT2D eigenvalue weighted by Crippen LogP contribution is -2.26. The molecule has 0 unspecified atom stereocenters. The number of piperidine rings is 1. The van der Waals surface area contributed by atoms with Crippen LogP contribution in [0.3, 0.4) is 0 Å². The Hall–Kier alpha value is -0.310. The van der Waals surface area contributed by atoms with Crippen LogP contribution in [0.25, 0.3) is 0 Å². The van der Waals surface area contributed by atoms with Crippen molar-refractivity contribution in [2.45, 2.75) is 18.8 Å². The van der Waals surface area contributed by atoms with Crippen LogP contribution in [0.2, 0.25) is 5.15 Å². The van der Waals surface area contributed by atoms with Crippen LogP contribution in [0, 0.1) is 0 Å². The first-order chi connectivity index (χ1) is 6.38. The quantitative estimate of drug-likeness (QED) is 0.754. The summed E-state index contributed by atoms with van der Waals surface area (Å²) < 4.78 is 0. The predicted octanol–water partition coefficient (Wildman–Crippen LogP) is 2.62. The van der Waals surface area contributed by atoms with Crippen molar-refractivity contribution in [3.05, 3.63) is 29.0 Å². The van der Waals surface area contributed by atoms with Crippen LogP contribution in [-0.4, -0.2) is 18.1 Å².